The minimum absolute atomic E-state index is 0.0202. The lowest BCUT2D eigenvalue weighted by Gasteiger charge is -2.39. The van der Waals surface area contributed by atoms with Gasteiger partial charge in [-0.1, -0.05) is 6.42 Å². The van der Waals surface area contributed by atoms with Crippen LogP contribution in [0.3, 0.4) is 0 Å². The first-order chi connectivity index (χ1) is 6.66. The third kappa shape index (κ3) is 2.69. The van der Waals surface area contributed by atoms with E-state index < -0.39 is 0 Å². The van der Waals surface area contributed by atoms with E-state index in [9.17, 15) is 0 Å². The molecule has 14 heavy (non-hydrogen) atoms. The third-order valence-electron chi connectivity index (χ3n) is 3.08. The Kier molecular flexibility index (Phi) is 4.35. The molecule has 0 aliphatic carbocycles. The topological polar surface area (TPSA) is 73.3 Å². The number of hydrogen-bond donors (Lipinski definition) is 3. The number of amidine groups is 1. The van der Waals surface area contributed by atoms with E-state index in [4.69, 9.17) is 16.2 Å². The fourth-order valence-electron chi connectivity index (χ4n) is 2.17. The largest absolute Gasteiger partial charge is 0.396 e. The molecule has 2 atom stereocenters. The molecule has 4 N–H and O–H groups in total. The van der Waals surface area contributed by atoms with Gasteiger partial charge in [0.05, 0.1) is 6.04 Å². The fraction of sp³-hybridized carbons (Fsp3) is 0.900. The van der Waals surface area contributed by atoms with Crippen molar-refractivity contribution < 1.29 is 5.11 Å². The summed E-state index contributed by atoms with van der Waals surface area (Å²) in [5.74, 6) is 0.231. The molecule has 0 aromatic heterocycles. The van der Waals surface area contributed by atoms with Crippen LogP contribution in [0, 0.1) is 5.41 Å². The van der Waals surface area contributed by atoms with Crippen LogP contribution in [-0.4, -0.2) is 41.1 Å². The number of piperidine rings is 1. The minimum atomic E-state index is 0.0202. The van der Waals surface area contributed by atoms with Crippen molar-refractivity contribution in [2.75, 3.05) is 13.2 Å². The van der Waals surface area contributed by atoms with Gasteiger partial charge in [0.2, 0.25) is 0 Å². The predicted octanol–water partition coefficient (Wildman–Crippen LogP) is 0.548. The molecule has 2 unspecified atom stereocenters. The zero-order chi connectivity index (χ0) is 10.6. The molecular formula is C10H21N3O. The van der Waals surface area contributed by atoms with Crippen molar-refractivity contribution >= 4 is 5.84 Å². The molecule has 1 fully saturated rings. The second kappa shape index (κ2) is 5.32. The zero-order valence-corrected chi connectivity index (χ0v) is 8.87. The van der Waals surface area contributed by atoms with E-state index in [-0.39, 0.29) is 18.5 Å². The average molecular weight is 199 g/mol. The molecule has 1 aliphatic rings. The summed E-state index contributed by atoms with van der Waals surface area (Å²) in [6, 6.07) is 0.430. The van der Waals surface area contributed by atoms with Crippen molar-refractivity contribution in [2.24, 2.45) is 5.73 Å². The molecule has 1 rings (SSSR count). The molecule has 4 nitrogen and oxygen atoms in total. The summed E-state index contributed by atoms with van der Waals surface area (Å²) >= 11 is 0. The van der Waals surface area contributed by atoms with Gasteiger partial charge in [0.25, 0.3) is 0 Å². The molecule has 0 bridgehead atoms. The highest BCUT2D eigenvalue weighted by molar-refractivity contribution is 5.82. The summed E-state index contributed by atoms with van der Waals surface area (Å²) in [6.45, 7) is 3.20. The maximum Gasteiger partial charge on any atom is 0.108 e. The molecule has 0 aromatic carbocycles. The van der Waals surface area contributed by atoms with E-state index in [0.29, 0.717) is 6.04 Å². The summed E-state index contributed by atoms with van der Waals surface area (Å²) in [6.07, 6.45) is 4.33. The van der Waals surface area contributed by atoms with Gasteiger partial charge >= 0.3 is 0 Å². The molecule has 0 spiro atoms. The first-order valence-electron chi connectivity index (χ1n) is 5.37. The van der Waals surface area contributed by atoms with Gasteiger partial charge in [-0.15, -0.1) is 0 Å². The van der Waals surface area contributed by atoms with Crippen LogP contribution in [0.2, 0.25) is 0 Å². The van der Waals surface area contributed by atoms with Gasteiger partial charge in [0.1, 0.15) is 5.84 Å². The van der Waals surface area contributed by atoms with Crippen molar-refractivity contribution in [3.63, 3.8) is 0 Å². The normalized spacial score (nSPS) is 26.0. The molecule has 1 saturated heterocycles. The van der Waals surface area contributed by atoms with Crippen molar-refractivity contribution in [2.45, 2.75) is 44.7 Å². The summed E-state index contributed by atoms with van der Waals surface area (Å²) in [4.78, 5) is 2.25. The number of aliphatic hydroxyl groups excluding tert-OH is 1. The van der Waals surface area contributed by atoms with Crippen LogP contribution in [0.1, 0.15) is 32.6 Å². The lowest BCUT2D eigenvalue weighted by atomic mass is 9.97. The van der Waals surface area contributed by atoms with Crippen LogP contribution < -0.4 is 5.73 Å². The van der Waals surface area contributed by atoms with Crippen molar-refractivity contribution in [3.05, 3.63) is 0 Å². The molecule has 1 aliphatic heterocycles. The van der Waals surface area contributed by atoms with Crippen LogP contribution in [0.4, 0.5) is 0 Å². The summed E-state index contributed by atoms with van der Waals surface area (Å²) in [5.41, 5.74) is 5.50. The van der Waals surface area contributed by atoms with Crippen LogP contribution in [0.5, 0.6) is 0 Å². The van der Waals surface area contributed by atoms with Crippen LogP contribution in [0.25, 0.3) is 0 Å². The monoisotopic (exact) mass is 199 g/mol. The van der Waals surface area contributed by atoms with Crippen LogP contribution in [-0.2, 0) is 0 Å². The highest BCUT2D eigenvalue weighted by atomic mass is 16.3. The van der Waals surface area contributed by atoms with Crippen molar-refractivity contribution in [1.82, 2.24) is 4.90 Å². The van der Waals surface area contributed by atoms with Gasteiger partial charge in [-0.2, -0.15) is 0 Å². The summed E-state index contributed by atoms with van der Waals surface area (Å²) in [5, 5.41) is 16.4. The number of nitrogens with one attached hydrogen (secondary N) is 1. The Bertz CT molecular complexity index is 194. The zero-order valence-electron chi connectivity index (χ0n) is 8.87. The second-order valence-electron chi connectivity index (χ2n) is 4.03. The number of hydrogen-bond acceptors (Lipinski definition) is 3. The Morgan fingerprint density at radius 3 is 2.93 bits per heavy atom. The van der Waals surface area contributed by atoms with Crippen LogP contribution in [0.15, 0.2) is 0 Å². The predicted molar refractivity (Wildman–Crippen MR) is 57.4 cm³/mol. The third-order valence-corrected chi connectivity index (χ3v) is 3.08. The Morgan fingerprint density at radius 1 is 1.64 bits per heavy atom. The Labute approximate surface area is 85.6 Å². The Morgan fingerprint density at radius 2 is 2.36 bits per heavy atom. The van der Waals surface area contributed by atoms with Gasteiger partial charge in [-0.25, -0.2) is 0 Å². The highest BCUT2D eigenvalue weighted by Gasteiger charge is 2.27. The van der Waals surface area contributed by atoms with Crippen LogP contribution >= 0.6 is 0 Å². The highest BCUT2D eigenvalue weighted by Crippen LogP contribution is 2.21. The molecule has 0 aromatic rings. The van der Waals surface area contributed by atoms with Gasteiger partial charge in [0, 0.05) is 12.6 Å². The number of nitrogens with zero attached hydrogens (tertiary/aromatic N) is 1. The smallest absolute Gasteiger partial charge is 0.108 e. The van der Waals surface area contributed by atoms with Crippen molar-refractivity contribution in [1.29, 1.82) is 5.41 Å². The maximum atomic E-state index is 8.95. The number of likely N-dealkylation sites (tertiary alicyclic amines) is 1. The molecule has 0 radical (unpaired) electrons. The van der Waals surface area contributed by atoms with E-state index in [1.165, 1.54) is 12.8 Å². The average Bonchev–Trinajstić information content (AvgIpc) is 2.18. The number of rotatable bonds is 4. The number of aliphatic hydroxyl groups is 1. The molecule has 0 saturated carbocycles. The van der Waals surface area contributed by atoms with Gasteiger partial charge in [0.15, 0.2) is 0 Å². The molecule has 1 heterocycles. The Hall–Kier alpha value is -0.610. The molecule has 0 amide bonds. The molecule has 4 heteroatoms. The van der Waals surface area contributed by atoms with E-state index in [2.05, 4.69) is 4.90 Å². The first-order valence-corrected chi connectivity index (χ1v) is 5.37. The summed E-state index contributed by atoms with van der Waals surface area (Å²) < 4.78 is 0. The van der Waals surface area contributed by atoms with E-state index >= 15 is 0 Å². The van der Waals surface area contributed by atoms with Crippen molar-refractivity contribution in [3.8, 4) is 0 Å². The second-order valence-corrected chi connectivity index (χ2v) is 4.03. The Balaban J connectivity index is 2.57. The lowest BCUT2D eigenvalue weighted by molar-refractivity contribution is 0.106. The first kappa shape index (κ1) is 11.5. The number of nitrogens with two attached hydrogens (primary N) is 1. The van der Waals surface area contributed by atoms with E-state index in [1.54, 1.807) is 0 Å². The van der Waals surface area contributed by atoms with Gasteiger partial charge < -0.3 is 10.8 Å². The molecular weight excluding hydrogens is 178 g/mol. The van der Waals surface area contributed by atoms with Gasteiger partial charge in [-0.3, -0.25) is 10.3 Å². The lowest BCUT2D eigenvalue weighted by Crippen LogP contribution is -2.50. The van der Waals surface area contributed by atoms with E-state index in [1.807, 2.05) is 6.92 Å². The van der Waals surface area contributed by atoms with E-state index in [0.717, 1.165) is 19.4 Å². The minimum Gasteiger partial charge on any atom is -0.396 e. The maximum absolute atomic E-state index is 8.95. The quantitative estimate of drug-likeness (QED) is 0.457. The standard InChI is InChI=1S/C10H21N3O/c1-8(10(11)12)13-6-3-2-4-9(13)5-7-14/h8-9,14H,2-7H2,1H3,(H3,11,12). The summed E-state index contributed by atoms with van der Waals surface area (Å²) in [7, 11) is 0. The SMILES string of the molecule is CC(C(=N)N)N1CCCCC1CCO. The van der Waals surface area contributed by atoms with Gasteiger partial charge in [-0.05, 0) is 32.7 Å². The fourth-order valence-corrected chi connectivity index (χ4v) is 2.17. The molecule has 82 valence electrons.